The molecule has 5 nitrogen and oxygen atoms in total. The number of benzene rings is 2. The van der Waals surface area contributed by atoms with Crippen LogP contribution >= 0.6 is 11.8 Å². The molecule has 1 saturated heterocycles. The van der Waals surface area contributed by atoms with Crippen LogP contribution in [0.4, 0.5) is 5.69 Å². The van der Waals surface area contributed by atoms with E-state index in [4.69, 9.17) is 9.73 Å². The first-order valence-corrected chi connectivity index (χ1v) is 15.1. The van der Waals surface area contributed by atoms with Crippen LogP contribution in [0.25, 0.3) is 0 Å². The molecule has 0 N–H and O–H groups in total. The topological polar surface area (TPSA) is 45.1 Å². The molecular formula is C31H39N3O2S. The number of carbonyl (C=O) groups excluding carboxylic acids is 1. The summed E-state index contributed by atoms with van der Waals surface area (Å²) in [5.74, 6) is 5.15. The molecule has 5 aliphatic rings. The molecule has 5 fully saturated rings. The maximum absolute atomic E-state index is 13.1. The number of para-hydroxylation sites is 1. The number of aliphatic imine (C=N–C) groups is 1. The normalized spacial score (nSPS) is 31.2. The zero-order valence-corrected chi connectivity index (χ0v) is 23.0. The van der Waals surface area contributed by atoms with Gasteiger partial charge in [0.1, 0.15) is 17.7 Å². The maximum Gasteiger partial charge on any atom is 0.225 e. The van der Waals surface area contributed by atoms with E-state index >= 15 is 0 Å². The van der Waals surface area contributed by atoms with E-state index in [1.807, 2.05) is 71.3 Å². The van der Waals surface area contributed by atoms with Gasteiger partial charge in [0.15, 0.2) is 5.17 Å². The molecule has 196 valence electrons. The van der Waals surface area contributed by atoms with Crippen LogP contribution in [0, 0.1) is 17.8 Å². The summed E-state index contributed by atoms with van der Waals surface area (Å²) in [6, 6.07) is 17.7. The van der Waals surface area contributed by atoms with E-state index < -0.39 is 0 Å². The van der Waals surface area contributed by atoms with Crippen molar-refractivity contribution in [2.75, 3.05) is 17.2 Å². The molecule has 0 radical (unpaired) electrons. The summed E-state index contributed by atoms with van der Waals surface area (Å²) in [6.07, 6.45) is 10.3. The highest BCUT2D eigenvalue weighted by Crippen LogP contribution is 2.57. The number of unbranched alkanes of at least 4 members (excludes halogenated alkanes) is 1. The SMILES string of the molecule is CCCCN1C(=NC23CC4CC(CC(C4)C2)C3)SCC1N(C(C)=O)c1ccc(Oc2ccccc2)cc1. The Kier molecular flexibility index (Phi) is 6.95. The van der Waals surface area contributed by atoms with Gasteiger partial charge in [0.05, 0.1) is 5.54 Å². The third kappa shape index (κ3) is 5.14. The number of amides is 1. The lowest BCUT2D eigenvalue weighted by atomic mass is 9.53. The molecule has 1 aliphatic heterocycles. The van der Waals surface area contributed by atoms with Gasteiger partial charge in [-0.05, 0) is 99.1 Å². The molecule has 2 aromatic rings. The summed E-state index contributed by atoms with van der Waals surface area (Å²) in [7, 11) is 0. The Hall–Kier alpha value is -2.47. The molecule has 1 amide bonds. The first kappa shape index (κ1) is 24.8. The van der Waals surface area contributed by atoms with Crippen LogP contribution in [0.3, 0.4) is 0 Å². The number of carbonyl (C=O) groups is 1. The zero-order chi connectivity index (χ0) is 25.4. The van der Waals surface area contributed by atoms with Crippen LogP contribution in [0.5, 0.6) is 11.5 Å². The van der Waals surface area contributed by atoms with Gasteiger partial charge in [-0.3, -0.25) is 14.7 Å². The summed E-state index contributed by atoms with van der Waals surface area (Å²) in [5, 5.41) is 1.18. The molecule has 7 rings (SSSR count). The summed E-state index contributed by atoms with van der Waals surface area (Å²) in [6.45, 7) is 4.87. The molecule has 4 aliphatic carbocycles. The zero-order valence-electron chi connectivity index (χ0n) is 22.1. The number of anilines is 1. The van der Waals surface area contributed by atoms with Crippen molar-refractivity contribution in [3.05, 3.63) is 54.6 Å². The average molecular weight is 518 g/mol. The number of ether oxygens (including phenoxy) is 1. The summed E-state index contributed by atoms with van der Waals surface area (Å²) < 4.78 is 5.99. The minimum atomic E-state index is -0.0115. The molecule has 4 saturated carbocycles. The molecule has 1 unspecified atom stereocenters. The van der Waals surface area contributed by atoms with E-state index in [2.05, 4.69) is 11.8 Å². The van der Waals surface area contributed by atoms with Crippen molar-refractivity contribution < 1.29 is 9.53 Å². The number of nitrogens with zero attached hydrogens (tertiary/aromatic N) is 3. The minimum Gasteiger partial charge on any atom is -0.457 e. The molecule has 0 spiro atoms. The highest BCUT2D eigenvalue weighted by atomic mass is 32.2. The molecule has 6 heteroatoms. The van der Waals surface area contributed by atoms with Crippen molar-refractivity contribution in [1.82, 2.24) is 4.90 Å². The van der Waals surface area contributed by atoms with Crippen molar-refractivity contribution in [2.24, 2.45) is 22.7 Å². The first-order valence-electron chi connectivity index (χ1n) is 14.1. The van der Waals surface area contributed by atoms with Crippen molar-refractivity contribution in [3.8, 4) is 11.5 Å². The number of amidine groups is 1. The summed E-state index contributed by atoms with van der Waals surface area (Å²) >= 11 is 1.86. The first-order chi connectivity index (χ1) is 18.0. The lowest BCUT2D eigenvalue weighted by Crippen LogP contribution is -2.52. The van der Waals surface area contributed by atoms with Crippen LogP contribution in [-0.4, -0.2) is 40.0 Å². The van der Waals surface area contributed by atoms with Crippen LogP contribution < -0.4 is 9.64 Å². The van der Waals surface area contributed by atoms with Gasteiger partial charge in [0, 0.05) is 24.9 Å². The number of rotatable bonds is 8. The van der Waals surface area contributed by atoms with Crippen LogP contribution in [0.2, 0.25) is 0 Å². The van der Waals surface area contributed by atoms with E-state index in [1.54, 1.807) is 6.92 Å². The Balaban J connectivity index is 1.25. The van der Waals surface area contributed by atoms with Crippen LogP contribution in [-0.2, 0) is 4.79 Å². The lowest BCUT2D eigenvalue weighted by Gasteiger charge is -2.55. The Bertz CT molecular complexity index is 1100. The highest BCUT2D eigenvalue weighted by Gasteiger charge is 2.52. The molecule has 37 heavy (non-hydrogen) atoms. The van der Waals surface area contributed by atoms with Crippen molar-refractivity contribution in [2.45, 2.75) is 76.9 Å². The lowest BCUT2D eigenvalue weighted by molar-refractivity contribution is -0.117. The number of hydrogen-bond acceptors (Lipinski definition) is 4. The standard InChI is InChI=1S/C31H39N3O2S/c1-3-4-14-33-29(21-37-30(33)32-31-18-23-15-24(19-31)17-25(16-23)20-31)34(22(2)35)26-10-12-28(13-11-26)36-27-8-6-5-7-9-27/h5-13,23-25,29H,3-4,14-21H2,1-2H3. The van der Waals surface area contributed by atoms with Gasteiger partial charge in [0.25, 0.3) is 0 Å². The fourth-order valence-corrected chi connectivity index (χ4v) is 8.87. The second kappa shape index (κ2) is 10.4. The van der Waals surface area contributed by atoms with Gasteiger partial charge in [-0.15, -0.1) is 0 Å². The second-order valence-electron chi connectivity index (χ2n) is 11.7. The van der Waals surface area contributed by atoms with Crippen molar-refractivity contribution in [3.63, 3.8) is 0 Å². The highest BCUT2D eigenvalue weighted by molar-refractivity contribution is 8.14. The van der Waals surface area contributed by atoms with Gasteiger partial charge >= 0.3 is 0 Å². The van der Waals surface area contributed by atoms with E-state index in [-0.39, 0.29) is 17.6 Å². The van der Waals surface area contributed by atoms with Crippen LogP contribution in [0.1, 0.15) is 65.2 Å². The van der Waals surface area contributed by atoms with Gasteiger partial charge in [-0.25, -0.2) is 0 Å². The number of thioether (sulfide) groups is 1. The Morgan fingerprint density at radius 1 is 1.00 bits per heavy atom. The molecule has 0 aromatic heterocycles. The predicted molar refractivity (Wildman–Crippen MR) is 152 cm³/mol. The Morgan fingerprint density at radius 3 is 2.22 bits per heavy atom. The van der Waals surface area contributed by atoms with Crippen molar-refractivity contribution >= 4 is 28.5 Å². The molecular weight excluding hydrogens is 478 g/mol. The monoisotopic (exact) mass is 517 g/mol. The number of hydrogen-bond donors (Lipinski definition) is 0. The van der Waals surface area contributed by atoms with Crippen molar-refractivity contribution in [1.29, 1.82) is 0 Å². The van der Waals surface area contributed by atoms with E-state index in [9.17, 15) is 4.79 Å². The smallest absolute Gasteiger partial charge is 0.225 e. The fourth-order valence-electron chi connectivity index (χ4n) is 7.60. The maximum atomic E-state index is 13.1. The van der Waals surface area contributed by atoms with Gasteiger partial charge in [0.2, 0.25) is 5.91 Å². The van der Waals surface area contributed by atoms with Gasteiger partial charge in [-0.2, -0.15) is 0 Å². The van der Waals surface area contributed by atoms with Crippen LogP contribution in [0.15, 0.2) is 59.6 Å². The molecule has 2 aromatic carbocycles. The summed E-state index contributed by atoms with van der Waals surface area (Å²) in [5.41, 5.74) is 1.06. The van der Waals surface area contributed by atoms with E-state index in [0.717, 1.165) is 60.1 Å². The molecule has 4 bridgehead atoms. The second-order valence-corrected chi connectivity index (χ2v) is 12.7. The predicted octanol–water partition coefficient (Wildman–Crippen LogP) is 7.33. The third-order valence-electron chi connectivity index (χ3n) is 8.79. The molecule has 1 atom stereocenters. The largest absolute Gasteiger partial charge is 0.457 e. The van der Waals surface area contributed by atoms with Gasteiger partial charge < -0.3 is 9.64 Å². The third-order valence-corrected chi connectivity index (χ3v) is 9.84. The minimum absolute atomic E-state index is 0.0115. The van der Waals surface area contributed by atoms with Gasteiger partial charge in [-0.1, -0.05) is 43.3 Å². The fraction of sp³-hybridized carbons (Fsp3) is 0.548. The Labute approximate surface area is 225 Å². The van der Waals surface area contributed by atoms with E-state index in [0.29, 0.717) is 0 Å². The average Bonchev–Trinajstić information content (AvgIpc) is 3.24. The quantitative estimate of drug-likeness (QED) is 0.368. The Morgan fingerprint density at radius 2 is 1.62 bits per heavy atom. The van der Waals surface area contributed by atoms with E-state index in [1.165, 1.54) is 43.7 Å². The molecule has 1 heterocycles. The summed E-state index contributed by atoms with van der Waals surface area (Å²) in [4.78, 5) is 23.1.